The number of hydrogen-bond donors (Lipinski definition) is 5. The molecule has 2 bridgehead atoms. The SMILES string of the molecule is C=CC(=O)N1C(C)CN(C2NC(=O)N3C4NC(C(F)CC24)N2NNC=C2CCCOC2CCNC(C(C)C)C23)CC1C. The first-order valence-electron chi connectivity index (χ1n) is 15.7. The number of piperazine rings is 1. The summed E-state index contributed by atoms with van der Waals surface area (Å²) in [5.41, 5.74) is 7.14. The summed E-state index contributed by atoms with van der Waals surface area (Å²) >= 11 is 0. The molecule has 0 aliphatic carbocycles. The fourth-order valence-electron chi connectivity index (χ4n) is 8.33. The van der Waals surface area contributed by atoms with Crippen molar-refractivity contribution in [1.82, 2.24) is 46.6 Å². The molecule has 0 radical (unpaired) electrons. The quantitative estimate of drug-likeness (QED) is 0.305. The Labute approximate surface area is 248 Å². The van der Waals surface area contributed by atoms with Gasteiger partial charge in [0.2, 0.25) is 5.91 Å². The number of carbonyl (C=O) groups is 2. The Kier molecular flexibility index (Phi) is 8.40. The van der Waals surface area contributed by atoms with Gasteiger partial charge in [-0.15, -0.1) is 5.53 Å². The predicted molar refractivity (Wildman–Crippen MR) is 156 cm³/mol. The lowest BCUT2D eigenvalue weighted by Crippen LogP contribution is -2.81. The molecule has 10 unspecified atom stereocenters. The van der Waals surface area contributed by atoms with Gasteiger partial charge in [0.1, 0.15) is 12.3 Å². The molecule has 6 heterocycles. The second kappa shape index (κ2) is 11.9. The number of urea groups is 1. The molecule has 0 aromatic heterocycles. The lowest BCUT2D eigenvalue weighted by molar-refractivity contribution is -0.140. The van der Waals surface area contributed by atoms with Crippen LogP contribution in [0.1, 0.15) is 53.4 Å². The summed E-state index contributed by atoms with van der Waals surface area (Å²) in [6.45, 7) is 14.6. The third-order valence-electron chi connectivity index (χ3n) is 10.1. The highest BCUT2D eigenvalue weighted by molar-refractivity contribution is 5.87. The van der Waals surface area contributed by atoms with Crippen LogP contribution < -0.4 is 26.9 Å². The summed E-state index contributed by atoms with van der Waals surface area (Å²) in [5.74, 6) is -0.0518. The van der Waals surface area contributed by atoms with Crippen LogP contribution >= 0.6 is 0 Å². The van der Waals surface area contributed by atoms with Crippen molar-refractivity contribution in [2.24, 2.45) is 11.8 Å². The number of carbonyl (C=O) groups excluding carboxylic acids is 2. The fraction of sp³-hybridized carbons (Fsp3) is 0.793. The van der Waals surface area contributed by atoms with Crippen molar-refractivity contribution in [3.8, 4) is 0 Å². The Bertz CT molecular complexity index is 1060. The molecular weight excluding hydrogens is 541 g/mol. The number of piperidine rings is 2. The standard InChI is InChI=1S/C29H48FN9O3/c1-6-23(40)37-17(4)14-36(15-18(37)5)26-20-12-21(30)28-33-27(20)38(29(41)34-26)25-22(9-10-31-24(25)16(2)3)42-11-7-8-19-13-32-35-39(19)28/h6,13,16-18,20-22,24-28,31-33,35H,1,7-12,14-15H2,2-5H3,(H,34,41). The molecule has 3 amide bonds. The fourth-order valence-corrected chi connectivity index (χ4v) is 8.33. The summed E-state index contributed by atoms with van der Waals surface area (Å²) in [7, 11) is 0. The number of ether oxygens (including phenoxy) is 1. The molecule has 5 saturated heterocycles. The molecule has 12 nitrogen and oxygen atoms in total. The average molecular weight is 590 g/mol. The lowest BCUT2D eigenvalue weighted by Gasteiger charge is -2.59. The predicted octanol–water partition coefficient (Wildman–Crippen LogP) is 0.776. The maximum atomic E-state index is 16.3. The second-order valence-corrected chi connectivity index (χ2v) is 13.2. The van der Waals surface area contributed by atoms with Crippen molar-refractivity contribution in [3.05, 3.63) is 24.6 Å². The largest absolute Gasteiger partial charge is 0.376 e. The van der Waals surface area contributed by atoms with Crippen molar-refractivity contribution in [2.75, 3.05) is 26.2 Å². The van der Waals surface area contributed by atoms with Gasteiger partial charge in [-0.05, 0) is 58.1 Å². The normalized spacial score (nSPS) is 41.0. The number of nitrogens with one attached hydrogen (secondary N) is 5. The van der Waals surface area contributed by atoms with Gasteiger partial charge in [-0.25, -0.2) is 9.18 Å². The highest BCUT2D eigenvalue weighted by Gasteiger charge is 2.56. The number of amides is 3. The van der Waals surface area contributed by atoms with Gasteiger partial charge in [0.25, 0.3) is 0 Å². The molecule has 0 spiro atoms. The summed E-state index contributed by atoms with van der Waals surface area (Å²) in [6.07, 6.45) is 3.14. The minimum Gasteiger partial charge on any atom is -0.376 e. The Balaban J connectivity index is 1.36. The number of hydrogen-bond acceptors (Lipinski definition) is 9. The van der Waals surface area contributed by atoms with Crippen LogP contribution in [0.4, 0.5) is 9.18 Å². The topological polar surface area (TPSA) is 116 Å². The molecule has 42 heavy (non-hydrogen) atoms. The number of rotatable bonds is 3. The van der Waals surface area contributed by atoms with Crippen LogP contribution in [0.2, 0.25) is 0 Å². The summed E-state index contributed by atoms with van der Waals surface area (Å²) in [4.78, 5) is 33.0. The highest BCUT2D eigenvalue weighted by Crippen LogP contribution is 2.39. The molecule has 6 aliphatic rings. The molecular formula is C29H48FN9O3. The summed E-state index contributed by atoms with van der Waals surface area (Å²) < 4.78 is 22.9. The molecule has 5 fully saturated rings. The first-order valence-corrected chi connectivity index (χ1v) is 15.7. The monoisotopic (exact) mass is 589 g/mol. The van der Waals surface area contributed by atoms with Crippen LogP contribution in [0.5, 0.6) is 0 Å². The lowest BCUT2D eigenvalue weighted by atomic mass is 9.81. The third kappa shape index (κ3) is 5.17. The van der Waals surface area contributed by atoms with Crippen LogP contribution in [-0.4, -0.2) is 113 Å². The molecule has 10 atom stereocenters. The van der Waals surface area contributed by atoms with Gasteiger partial charge >= 0.3 is 6.03 Å². The van der Waals surface area contributed by atoms with Crippen molar-refractivity contribution in [1.29, 1.82) is 0 Å². The van der Waals surface area contributed by atoms with Gasteiger partial charge in [0, 0.05) is 49.9 Å². The molecule has 0 aromatic rings. The van der Waals surface area contributed by atoms with Crippen molar-refractivity contribution >= 4 is 11.9 Å². The number of nitrogens with zero attached hydrogens (tertiary/aromatic N) is 4. The second-order valence-electron chi connectivity index (χ2n) is 13.2. The van der Waals surface area contributed by atoms with Crippen LogP contribution in [0, 0.1) is 11.8 Å². The summed E-state index contributed by atoms with van der Waals surface area (Å²) in [6, 6.07) is -0.490. The van der Waals surface area contributed by atoms with Crippen LogP contribution in [0.15, 0.2) is 24.6 Å². The molecule has 5 N–H and O–H groups in total. The molecule has 0 saturated carbocycles. The minimum atomic E-state index is -1.18. The van der Waals surface area contributed by atoms with E-state index in [2.05, 4.69) is 52.2 Å². The van der Waals surface area contributed by atoms with E-state index in [4.69, 9.17) is 4.74 Å². The average Bonchev–Trinajstić information content (AvgIpc) is 3.41. The Hall–Kier alpha value is -2.45. The molecule has 6 aliphatic heterocycles. The van der Waals surface area contributed by atoms with Crippen LogP contribution in [0.3, 0.4) is 0 Å². The molecule has 13 heteroatoms. The smallest absolute Gasteiger partial charge is 0.320 e. The highest BCUT2D eigenvalue weighted by atomic mass is 19.1. The van der Waals surface area contributed by atoms with Crippen molar-refractivity contribution in [3.63, 3.8) is 0 Å². The number of hydrazine groups is 2. The van der Waals surface area contributed by atoms with Crippen LogP contribution in [-0.2, 0) is 9.53 Å². The van der Waals surface area contributed by atoms with E-state index < -0.39 is 18.5 Å². The van der Waals surface area contributed by atoms with Gasteiger partial charge in [-0.2, -0.15) is 0 Å². The van der Waals surface area contributed by atoms with E-state index in [0.717, 1.165) is 31.5 Å². The van der Waals surface area contributed by atoms with Crippen molar-refractivity contribution < 1.29 is 18.7 Å². The van der Waals surface area contributed by atoms with Gasteiger partial charge in [-0.1, -0.05) is 20.4 Å². The van der Waals surface area contributed by atoms with Crippen molar-refractivity contribution in [2.45, 2.75) is 108 Å². The van der Waals surface area contributed by atoms with Gasteiger partial charge in [-0.3, -0.25) is 20.0 Å². The number of halogens is 1. The van der Waals surface area contributed by atoms with Gasteiger partial charge in [0.05, 0.1) is 30.2 Å². The first kappa shape index (κ1) is 29.6. The van der Waals surface area contributed by atoms with E-state index in [1.54, 1.807) is 0 Å². The van der Waals surface area contributed by atoms with Gasteiger partial charge in [0.15, 0.2) is 0 Å². The maximum Gasteiger partial charge on any atom is 0.320 e. The Morgan fingerprint density at radius 2 is 1.95 bits per heavy atom. The zero-order valence-corrected chi connectivity index (χ0v) is 25.3. The molecule has 0 aromatic carbocycles. The number of allylic oxidation sites excluding steroid dienone is 1. The Morgan fingerprint density at radius 1 is 1.19 bits per heavy atom. The minimum absolute atomic E-state index is 0.0357. The third-order valence-corrected chi connectivity index (χ3v) is 10.1. The number of alkyl halides is 1. The van der Waals surface area contributed by atoms with Crippen LogP contribution in [0.25, 0.3) is 0 Å². The molecule has 234 valence electrons. The maximum absolute atomic E-state index is 16.3. The van der Waals surface area contributed by atoms with Gasteiger partial charge < -0.3 is 30.6 Å². The number of fused-ring (bicyclic) bond motifs is 5. The zero-order chi connectivity index (χ0) is 29.7. The van der Waals surface area contributed by atoms with E-state index >= 15 is 4.39 Å². The molecule has 6 rings (SSSR count). The van der Waals surface area contributed by atoms with E-state index in [1.807, 2.05) is 34.9 Å². The van der Waals surface area contributed by atoms with E-state index in [1.165, 1.54) is 6.08 Å². The van der Waals surface area contributed by atoms with E-state index in [9.17, 15) is 9.59 Å². The summed E-state index contributed by atoms with van der Waals surface area (Å²) in [5, 5.41) is 12.5. The zero-order valence-electron chi connectivity index (χ0n) is 25.3. The Morgan fingerprint density at radius 3 is 2.67 bits per heavy atom. The van der Waals surface area contributed by atoms with E-state index in [0.29, 0.717) is 19.7 Å². The van der Waals surface area contributed by atoms with E-state index in [-0.39, 0.29) is 66.6 Å². The first-order chi connectivity index (χ1) is 20.2.